The van der Waals surface area contributed by atoms with Gasteiger partial charge in [-0.2, -0.15) is 0 Å². The van der Waals surface area contributed by atoms with Gasteiger partial charge in [0.1, 0.15) is 5.25 Å². The van der Waals surface area contributed by atoms with E-state index in [9.17, 15) is 14.7 Å². The van der Waals surface area contributed by atoms with Gasteiger partial charge in [-0.25, -0.2) is 0 Å². The minimum Gasteiger partial charge on any atom is -0.480 e. The molecule has 0 bridgehead atoms. The molecule has 0 saturated carbocycles. The third-order valence-corrected chi connectivity index (χ3v) is 3.85. The maximum Gasteiger partial charge on any atom is 0.316 e. The van der Waals surface area contributed by atoms with Crippen molar-refractivity contribution in [2.75, 3.05) is 5.75 Å². The predicted octanol–water partition coefficient (Wildman–Crippen LogP) is 2.33. The molecule has 110 valence electrons. The molecule has 4 nitrogen and oxygen atoms in total. The zero-order valence-corrected chi connectivity index (χ0v) is 12.7. The Morgan fingerprint density at radius 3 is 2.45 bits per heavy atom. The van der Waals surface area contributed by atoms with E-state index < -0.39 is 11.2 Å². The number of amides is 1. The Balaban J connectivity index is 2.40. The van der Waals surface area contributed by atoms with Crippen molar-refractivity contribution < 1.29 is 14.7 Å². The Morgan fingerprint density at radius 1 is 1.25 bits per heavy atom. The molecule has 0 aromatic heterocycles. The zero-order valence-electron chi connectivity index (χ0n) is 11.8. The van der Waals surface area contributed by atoms with Gasteiger partial charge >= 0.3 is 5.97 Å². The molecule has 0 aliphatic rings. The van der Waals surface area contributed by atoms with Crippen LogP contribution in [-0.2, 0) is 16.0 Å². The number of aliphatic carboxylic acids is 1. The summed E-state index contributed by atoms with van der Waals surface area (Å²) in [6.45, 7) is 3.81. The van der Waals surface area contributed by atoms with Crippen molar-refractivity contribution in [2.24, 2.45) is 0 Å². The van der Waals surface area contributed by atoms with E-state index in [1.807, 2.05) is 44.2 Å². The van der Waals surface area contributed by atoms with Gasteiger partial charge in [-0.3, -0.25) is 9.59 Å². The number of hydrogen-bond acceptors (Lipinski definition) is 3. The van der Waals surface area contributed by atoms with Crippen molar-refractivity contribution in [2.45, 2.75) is 38.0 Å². The first-order valence-corrected chi connectivity index (χ1v) is 7.71. The van der Waals surface area contributed by atoms with Crippen molar-refractivity contribution in [3.8, 4) is 0 Å². The molecule has 1 aromatic rings. The number of thioether (sulfide) groups is 1. The lowest BCUT2D eigenvalue weighted by atomic mass is 10.1. The molecule has 0 radical (unpaired) electrons. The zero-order chi connectivity index (χ0) is 15.0. The molecule has 5 heteroatoms. The molecule has 20 heavy (non-hydrogen) atoms. The molecule has 2 N–H and O–H groups in total. The summed E-state index contributed by atoms with van der Waals surface area (Å²) in [7, 11) is 0. The van der Waals surface area contributed by atoms with E-state index in [-0.39, 0.29) is 11.9 Å². The van der Waals surface area contributed by atoms with E-state index in [0.717, 1.165) is 5.56 Å². The monoisotopic (exact) mass is 295 g/mol. The van der Waals surface area contributed by atoms with E-state index in [1.54, 1.807) is 0 Å². The first-order valence-electron chi connectivity index (χ1n) is 6.66. The first-order chi connectivity index (χ1) is 9.49. The standard InChI is InChI=1S/C15H21NO3S/c1-11(2)16-14(17)8-9-20-13(15(18)19)10-12-6-4-3-5-7-12/h3-7,11,13H,8-10H2,1-2H3,(H,16,17)(H,18,19). The van der Waals surface area contributed by atoms with Crippen molar-refractivity contribution in [3.63, 3.8) is 0 Å². The second-order valence-corrected chi connectivity index (χ2v) is 6.17. The van der Waals surface area contributed by atoms with Crippen molar-refractivity contribution in [1.29, 1.82) is 0 Å². The molecule has 0 fully saturated rings. The number of carbonyl (C=O) groups is 2. The summed E-state index contributed by atoms with van der Waals surface area (Å²) in [5.74, 6) is -0.345. The molecule has 0 saturated heterocycles. The number of hydrogen-bond donors (Lipinski definition) is 2. The third kappa shape index (κ3) is 6.61. The number of rotatable bonds is 8. The van der Waals surface area contributed by atoms with Crippen LogP contribution in [0.5, 0.6) is 0 Å². The molecule has 1 aromatic carbocycles. The van der Waals surface area contributed by atoms with Crippen LogP contribution in [-0.4, -0.2) is 34.0 Å². The summed E-state index contributed by atoms with van der Waals surface area (Å²) >= 11 is 1.32. The highest BCUT2D eigenvalue weighted by atomic mass is 32.2. The van der Waals surface area contributed by atoms with Gasteiger partial charge in [0.05, 0.1) is 0 Å². The number of nitrogens with one attached hydrogen (secondary N) is 1. The molecule has 1 unspecified atom stereocenters. The summed E-state index contributed by atoms with van der Waals surface area (Å²) in [6, 6.07) is 9.66. The van der Waals surface area contributed by atoms with E-state index in [0.29, 0.717) is 18.6 Å². The Hall–Kier alpha value is -1.49. The highest BCUT2D eigenvalue weighted by Crippen LogP contribution is 2.18. The average molecular weight is 295 g/mol. The van der Waals surface area contributed by atoms with E-state index >= 15 is 0 Å². The molecule has 1 amide bonds. The number of carboxylic acids is 1. The van der Waals surface area contributed by atoms with E-state index in [1.165, 1.54) is 11.8 Å². The largest absolute Gasteiger partial charge is 0.480 e. The van der Waals surface area contributed by atoms with Gasteiger partial charge < -0.3 is 10.4 Å². The SMILES string of the molecule is CC(C)NC(=O)CCSC(Cc1ccccc1)C(=O)O. The van der Waals surface area contributed by atoms with Gasteiger partial charge in [-0.1, -0.05) is 30.3 Å². The molecular formula is C15H21NO3S. The Morgan fingerprint density at radius 2 is 1.90 bits per heavy atom. The molecule has 1 atom stereocenters. The highest BCUT2D eigenvalue weighted by Gasteiger charge is 2.18. The van der Waals surface area contributed by atoms with E-state index in [2.05, 4.69) is 5.32 Å². The summed E-state index contributed by atoms with van der Waals surface area (Å²) in [6.07, 6.45) is 0.827. The predicted molar refractivity (Wildman–Crippen MR) is 81.9 cm³/mol. The smallest absolute Gasteiger partial charge is 0.316 e. The minimum absolute atomic E-state index is 0.0312. The lowest BCUT2D eigenvalue weighted by molar-refractivity contribution is -0.136. The Kier molecular flexibility index (Phi) is 7.15. The third-order valence-electron chi connectivity index (χ3n) is 2.64. The number of benzene rings is 1. The van der Waals surface area contributed by atoms with Crippen molar-refractivity contribution in [1.82, 2.24) is 5.32 Å². The fourth-order valence-electron chi connectivity index (χ4n) is 1.73. The van der Waals surface area contributed by atoms with Crippen LogP contribution in [0.25, 0.3) is 0 Å². The van der Waals surface area contributed by atoms with Crippen LogP contribution in [0.4, 0.5) is 0 Å². The van der Waals surface area contributed by atoms with Gasteiger partial charge in [0.2, 0.25) is 5.91 Å². The van der Waals surface area contributed by atoms with Crippen LogP contribution in [0.2, 0.25) is 0 Å². The van der Waals surface area contributed by atoms with Crippen LogP contribution >= 0.6 is 11.8 Å². The molecular weight excluding hydrogens is 274 g/mol. The molecule has 0 spiro atoms. The quantitative estimate of drug-likeness (QED) is 0.772. The molecule has 0 aliphatic carbocycles. The van der Waals surface area contributed by atoms with Gasteiger partial charge in [-0.15, -0.1) is 11.8 Å². The fraction of sp³-hybridized carbons (Fsp3) is 0.467. The topological polar surface area (TPSA) is 66.4 Å². The first kappa shape index (κ1) is 16.6. The second-order valence-electron chi connectivity index (χ2n) is 4.86. The van der Waals surface area contributed by atoms with Gasteiger partial charge in [0.25, 0.3) is 0 Å². The van der Waals surface area contributed by atoms with Crippen LogP contribution in [0, 0.1) is 0 Å². The van der Waals surface area contributed by atoms with Crippen LogP contribution in [0.15, 0.2) is 30.3 Å². The lowest BCUT2D eigenvalue weighted by Gasteiger charge is -2.13. The summed E-state index contributed by atoms with van der Waals surface area (Å²) < 4.78 is 0. The van der Waals surface area contributed by atoms with Gasteiger partial charge in [0, 0.05) is 18.2 Å². The summed E-state index contributed by atoms with van der Waals surface area (Å²) in [5, 5.41) is 11.5. The van der Waals surface area contributed by atoms with Gasteiger partial charge in [0.15, 0.2) is 0 Å². The Bertz CT molecular complexity index is 434. The molecule has 0 aliphatic heterocycles. The van der Waals surface area contributed by atoms with Crippen molar-refractivity contribution in [3.05, 3.63) is 35.9 Å². The Labute approximate surface area is 124 Å². The van der Waals surface area contributed by atoms with Crippen LogP contribution in [0.3, 0.4) is 0 Å². The minimum atomic E-state index is -0.830. The number of carbonyl (C=O) groups excluding carboxylic acids is 1. The van der Waals surface area contributed by atoms with Crippen LogP contribution in [0.1, 0.15) is 25.8 Å². The fourth-order valence-corrected chi connectivity index (χ4v) is 2.77. The van der Waals surface area contributed by atoms with Crippen LogP contribution < -0.4 is 5.32 Å². The molecule has 1 rings (SSSR count). The van der Waals surface area contributed by atoms with Gasteiger partial charge in [-0.05, 0) is 25.8 Å². The molecule has 0 heterocycles. The maximum absolute atomic E-state index is 11.5. The number of carboxylic acid groups (broad SMARTS) is 1. The van der Waals surface area contributed by atoms with Crippen molar-refractivity contribution >= 4 is 23.6 Å². The summed E-state index contributed by atoms with van der Waals surface area (Å²) in [5.41, 5.74) is 0.999. The lowest BCUT2D eigenvalue weighted by Crippen LogP contribution is -2.30. The second kappa shape index (κ2) is 8.64. The maximum atomic E-state index is 11.5. The summed E-state index contributed by atoms with van der Waals surface area (Å²) in [4.78, 5) is 22.7. The highest BCUT2D eigenvalue weighted by molar-refractivity contribution is 8.00. The normalized spacial score (nSPS) is 12.2. The van der Waals surface area contributed by atoms with E-state index in [4.69, 9.17) is 0 Å². The average Bonchev–Trinajstić information content (AvgIpc) is 2.37.